The average Bonchev–Trinajstić information content (AvgIpc) is 3.04. The van der Waals surface area contributed by atoms with Gasteiger partial charge in [-0.25, -0.2) is 13.2 Å². The van der Waals surface area contributed by atoms with Crippen molar-refractivity contribution in [3.05, 3.63) is 46.3 Å². The number of ether oxygens (including phenoxy) is 1. The molecule has 0 unspecified atom stereocenters. The molecule has 124 valence electrons. The molecule has 0 saturated carbocycles. The minimum absolute atomic E-state index is 0.144. The van der Waals surface area contributed by atoms with E-state index in [9.17, 15) is 13.2 Å². The zero-order chi connectivity index (χ0) is 17.0. The normalized spacial score (nSPS) is 11.3. The molecule has 0 atom stereocenters. The van der Waals surface area contributed by atoms with Gasteiger partial charge >= 0.3 is 5.97 Å². The van der Waals surface area contributed by atoms with Crippen LogP contribution in [0, 0.1) is 0 Å². The van der Waals surface area contributed by atoms with Crippen LogP contribution in [-0.2, 0) is 14.8 Å². The highest BCUT2D eigenvalue weighted by molar-refractivity contribution is 7.94. The van der Waals surface area contributed by atoms with Crippen LogP contribution in [0.2, 0.25) is 5.02 Å². The molecule has 0 aliphatic heterocycles. The molecule has 0 amide bonds. The maximum atomic E-state index is 12.7. The van der Waals surface area contributed by atoms with Gasteiger partial charge in [-0.05, 0) is 43.5 Å². The molecule has 2 rings (SSSR count). The SMILES string of the molecule is CCOC(=O)c1cc(N(CC)S(=O)(=O)c2cccs2)ccc1Cl. The second-order valence-corrected chi connectivity index (χ2v) is 7.93. The van der Waals surface area contributed by atoms with Gasteiger partial charge in [0, 0.05) is 6.54 Å². The molecule has 0 spiro atoms. The third-order valence-electron chi connectivity index (χ3n) is 3.06. The number of benzene rings is 1. The summed E-state index contributed by atoms with van der Waals surface area (Å²) >= 11 is 7.16. The Labute approximate surface area is 144 Å². The second-order valence-electron chi connectivity index (χ2n) is 4.49. The van der Waals surface area contributed by atoms with Crippen molar-refractivity contribution >= 4 is 44.6 Å². The third-order valence-corrected chi connectivity index (χ3v) is 6.67. The summed E-state index contributed by atoms with van der Waals surface area (Å²) in [6, 6.07) is 7.73. The van der Waals surface area contributed by atoms with E-state index in [0.717, 1.165) is 11.3 Å². The predicted molar refractivity (Wildman–Crippen MR) is 91.9 cm³/mol. The van der Waals surface area contributed by atoms with E-state index in [0.29, 0.717) is 5.69 Å². The molecular weight excluding hydrogens is 358 g/mol. The van der Waals surface area contributed by atoms with E-state index in [2.05, 4.69) is 0 Å². The zero-order valence-corrected chi connectivity index (χ0v) is 15.0. The van der Waals surface area contributed by atoms with Gasteiger partial charge in [0.15, 0.2) is 0 Å². The minimum Gasteiger partial charge on any atom is -0.462 e. The molecule has 8 heteroatoms. The summed E-state index contributed by atoms with van der Waals surface area (Å²) in [6.45, 7) is 3.85. The van der Waals surface area contributed by atoms with Crippen molar-refractivity contribution in [3.8, 4) is 0 Å². The first-order chi connectivity index (χ1) is 10.9. The van der Waals surface area contributed by atoms with Crippen molar-refractivity contribution in [2.24, 2.45) is 0 Å². The Bertz CT molecular complexity index is 788. The lowest BCUT2D eigenvalue weighted by atomic mass is 10.2. The molecule has 0 radical (unpaired) electrons. The standard InChI is InChI=1S/C15H16ClNO4S2/c1-3-17(23(19,20)14-6-5-9-22-14)11-7-8-13(16)12(10-11)15(18)21-4-2/h5-10H,3-4H2,1-2H3. The van der Waals surface area contributed by atoms with Gasteiger partial charge in [0.2, 0.25) is 0 Å². The molecule has 1 aromatic heterocycles. The Kier molecular flexibility index (Phi) is 5.67. The van der Waals surface area contributed by atoms with E-state index >= 15 is 0 Å². The van der Waals surface area contributed by atoms with Crippen molar-refractivity contribution in [2.45, 2.75) is 18.1 Å². The fourth-order valence-corrected chi connectivity index (χ4v) is 4.81. The number of hydrogen-bond donors (Lipinski definition) is 0. The van der Waals surface area contributed by atoms with Crippen LogP contribution in [0.25, 0.3) is 0 Å². The molecule has 2 aromatic rings. The van der Waals surface area contributed by atoms with E-state index in [1.54, 1.807) is 37.4 Å². The molecule has 23 heavy (non-hydrogen) atoms. The summed E-state index contributed by atoms with van der Waals surface area (Å²) < 4.78 is 31.8. The lowest BCUT2D eigenvalue weighted by Crippen LogP contribution is -2.30. The van der Waals surface area contributed by atoms with Gasteiger partial charge in [-0.15, -0.1) is 11.3 Å². The number of nitrogens with zero attached hydrogens (tertiary/aromatic N) is 1. The molecule has 0 aliphatic rings. The highest BCUT2D eigenvalue weighted by Crippen LogP contribution is 2.29. The molecule has 1 heterocycles. The van der Waals surface area contributed by atoms with Crippen LogP contribution in [0.4, 0.5) is 5.69 Å². The summed E-state index contributed by atoms with van der Waals surface area (Å²) in [5, 5.41) is 1.92. The number of thiophene rings is 1. The number of carbonyl (C=O) groups is 1. The Balaban J connectivity index is 2.47. The van der Waals surface area contributed by atoms with Crippen LogP contribution < -0.4 is 4.31 Å². The van der Waals surface area contributed by atoms with Gasteiger partial charge in [0.05, 0.1) is 22.9 Å². The van der Waals surface area contributed by atoms with Crippen LogP contribution in [0.3, 0.4) is 0 Å². The van der Waals surface area contributed by atoms with E-state index in [-0.39, 0.29) is 27.9 Å². The third kappa shape index (κ3) is 3.68. The van der Waals surface area contributed by atoms with Gasteiger partial charge in [-0.2, -0.15) is 0 Å². The Morgan fingerprint density at radius 3 is 2.61 bits per heavy atom. The first-order valence-electron chi connectivity index (χ1n) is 6.94. The Hall–Kier alpha value is -1.57. The summed E-state index contributed by atoms with van der Waals surface area (Å²) in [6.07, 6.45) is 0. The number of carbonyl (C=O) groups excluding carboxylic acids is 1. The lowest BCUT2D eigenvalue weighted by molar-refractivity contribution is 0.0526. The van der Waals surface area contributed by atoms with Crippen molar-refractivity contribution in [1.29, 1.82) is 0 Å². The average molecular weight is 374 g/mol. The fraction of sp³-hybridized carbons (Fsp3) is 0.267. The van der Waals surface area contributed by atoms with Crippen LogP contribution in [0.5, 0.6) is 0 Å². The highest BCUT2D eigenvalue weighted by atomic mass is 35.5. The van der Waals surface area contributed by atoms with Gasteiger partial charge in [0.25, 0.3) is 10.0 Å². The molecule has 0 bridgehead atoms. The highest BCUT2D eigenvalue weighted by Gasteiger charge is 2.25. The maximum absolute atomic E-state index is 12.7. The van der Waals surface area contributed by atoms with Crippen LogP contribution in [-0.4, -0.2) is 27.5 Å². The number of halogens is 1. The second kappa shape index (κ2) is 7.33. The molecular formula is C15H16ClNO4S2. The Morgan fingerprint density at radius 2 is 2.04 bits per heavy atom. The maximum Gasteiger partial charge on any atom is 0.339 e. The van der Waals surface area contributed by atoms with E-state index < -0.39 is 16.0 Å². The van der Waals surface area contributed by atoms with Gasteiger partial charge in [-0.1, -0.05) is 17.7 Å². The zero-order valence-electron chi connectivity index (χ0n) is 12.7. The van der Waals surface area contributed by atoms with Crippen LogP contribution >= 0.6 is 22.9 Å². The van der Waals surface area contributed by atoms with Gasteiger partial charge in [0.1, 0.15) is 4.21 Å². The number of anilines is 1. The smallest absolute Gasteiger partial charge is 0.339 e. The number of sulfonamides is 1. The Morgan fingerprint density at radius 1 is 1.30 bits per heavy atom. The quantitative estimate of drug-likeness (QED) is 0.722. The molecule has 0 N–H and O–H groups in total. The largest absolute Gasteiger partial charge is 0.462 e. The number of rotatable bonds is 6. The number of esters is 1. The van der Waals surface area contributed by atoms with Crippen molar-refractivity contribution < 1.29 is 17.9 Å². The van der Waals surface area contributed by atoms with E-state index in [1.165, 1.54) is 16.4 Å². The fourth-order valence-electron chi connectivity index (χ4n) is 2.04. The van der Waals surface area contributed by atoms with Crippen molar-refractivity contribution in [1.82, 2.24) is 0 Å². The summed E-state index contributed by atoms with van der Waals surface area (Å²) in [5.41, 5.74) is 0.513. The monoisotopic (exact) mass is 373 g/mol. The molecule has 0 aliphatic carbocycles. The van der Waals surface area contributed by atoms with Crippen molar-refractivity contribution in [3.63, 3.8) is 0 Å². The lowest BCUT2D eigenvalue weighted by Gasteiger charge is -2.22. The van der Waals surface area contributed by atoms with E-state index in [4.69, 9.17) is 16.3 Å². The topological polar surface area (TPSA) is 63.7 Å². The first-order valence-corrected chi connectivity index (χ1v) is 9.64. The van der Waals surface area contributed by atoms with Gasteiger partial charge < -0.3 is 4.74 Å². The summed E-state index contributed by atoms with van der Waals surface area (Å²) in [4.78, 5) is 11.9. The molecule has 5 nitrogen and oxygen atoms in total. The van der Waals surface area contributed by atoms with Crippen LogP contribution in [0.15, 0.2) is 39.9 Å². The van der Waals surface area contributed by atoms with Crippen LogP contribution in [0.1, 0.15) is 24.2 Å². The predicted octanol–water partition coefficient (Wildman–Crippen LogP) is 3.79. The number of hydrogen-bond acceptors (Lipinski definition) is 5. The minimum atomic E-state index is -3.67. The first kappa shape index (κ1) is 17.8. The van der Waals surface area contributed by atoms with Crippen molar-refractivity contribution in [2.75, 3.05) is 17.5 Å². The van der Waals surface area contributed by atoms with Gasteiger partial charge in [-0.3, -0.25) is 4.31 Å². The molecule has 0 fully saturated rings. The summed E-state index contributed by atoms with van der Waals surface area (Å²) in [5.74, 6) is -0.580. The van der Waals surface area contributed by atoms with E-state index in [1.807, 2.05) is 0 Å². The summed E-state index contributed by atoms with van der Waals surface area (Å²) in [7, 11) is -3.67. The molecule has 0 saturated heterocycles. The molecule has 1 aromatic carbocycles.